The zero-order chi connectivity index (χ0) is 15.4. The maximum atomic E-state index is 9.83. The summed E-state index contributed by atoms with van der Waals surface area (Å²) in [5.41, 5.74) is 4.32. The first kappa shape index (κ1) is 15.4. The van der Waals surface area contributed by atoms with Gasteiger partial charge in [0.25, 0.3) is 0 Å². The Morgan fingerprint density at radius 2 is 1.71 bits per heavy atom. The van der Waals surface area contributed by atoms with Crippen molar-refractivity contribution in [3.63, 3.8) is 0 Å². The largest absolute Gasteiger partial charge is 0.497 e. The molecule has 0 saturated heterocycles. The van der Waals surface area contributed by atoms with Crippen LogP contribution in [0.15, 0.2) is 36.4 Å². The number of aliphatic hydroxyl groups is 1. The normalized spacial score (nSPS) is 12.0. The summed E-state index contributed by atoms with van der Waals surface area (Å²) in [6.07, 6.45) is -0.579. The van der Waals surface area contributed by atoms with E-state index in [4.69, 9.17) is 9.47 Å². The van der Waals surface area contributed by atoms with Crippen molar-refractivity contribution in [2.45, 2.75) is 33.5 Å². The molecule has 0 aliphatic rings. The van der Waals surface area contributed by atoms with Crippen LogP contribution in [0.2, 0.25) is 0 Å². The van der Waals surface area contributed by atoms with Crippen molar-refractivity contribution >= 4 is 0 Å². The molecule has 0 radical (unpaired) electrons. The number of ether oxygens (including phenoxy) is 2. The first-order valence-corrected chi connectivity index (χ1v) is 7.05. The van der Waals surface area contributed by atoms with Crippen LogP contribution in [0.4, 0.5) is 0 Å². The predicted octanol–water partition coefficient (Wildman–Crippen LogP) is 3.94. The highest BCUT2D eigenvalue weighted by atomic mass is 16.5. The fourth-order valence-electron chi connectivity index (χ4n) is 2.43. The number of rotatable bonds is 5. The van der Waals surface area contributed by atoms with Gasteiger partial charge in [-0.25, -0.2) is 0 Å². The molecule has 112 valence electrons. The molecule has 2 aromatic rings. The molecule has 3 heteroatoms. The summed E-state index contributed by atoms with van der Waals surface area (Å²) < 4.78 is 11.1. The van der Waals surface area contributed by atoms with Crippen LogP contribution in [0, 0.1) is 13.8 Å². The molecule has 0 aromatic heterocycles. The van der Waals surface area contributed by atoms with Crippen molar-refractivity contribution < 1.29 is 14.6 Å². The Hall–Kier alpha value is -2.00. The Morgan fingerprint density at radius 3 is 2.29 bits per heavy atom. The molecule has 0 spiro atoms. The molecule has 0 heterocycles. The molecule has 2 aromatic carbocycles. The van der Waals surface area contributed by atoms with E-state index >= 15 is 0 Å². The van der Waals surface area contributed by atoms with Gasteiger partial charge in [0.15, 0.2) is 0 Å². The van der Waals surface area contributed by atoms with Crippen LogP contribution >= 0.6 is 0 Å². The Bertz CT molecular complexity index is 598. The molecular formula is C18H22O3. The lowest BCUT2D eigenvalue weighted by Crippen LogP contribution is -2.02. The smallest absolute Gasteiger partial charge is 0.129 e. The van der Waals surface area contributed by atoms with E-state index in [0.717, 1.165) is 16.9 Å². The number of aryl methyl sites for hydroxylation is 2. The highest BCUT2D eigenvalue weighted by Gasteiger charge is 2.11. The highest BCUT2D eigenvalue weighted by molar-refractivity contribution is 5.42. The molecule has 2 rings (SSSR count). The van der Waals surface area contributed by atoms with Gasteiger partial charge in [-0.1, -0.05) is 29.3 Å². The van der Waals surface area contributed by atoms with Gasteiger partial charge in [0.1, 0.15) is 18.1 Å². The van der Waals surface area contributed by atoms with Crippen molar-refractivity contribution in [3.05, 3.63) is 58.7 Å². The highest BCUT2D eigenvalue weighted by Crippen LogP contribution is 2.30. The zero-order valence-corrected chi connectivity index (χ0v) is 13.0. The minimum absolute atomic E-state index is 0.468. The summed E-state index contributed by atoms with van der Waals surface area (Å²) in [5.74, 6) is 1.37. The van der Waals surface area contributed by atoms with Gasteiger partial charge < -0.3 is 14.6 Å². The molecule has 0 unspecified atom stereocenters. The third kappa shape index (κ3) is 3.99. The molecule has 0 bridgehead atoms. The van der Waals surface area contributed by atoms with Crippen molar-refractivity contribution in [3.8, 4) is 11.5 Å². The van der Waals surface area contributed by atoms with Gasteiger partial charge in [0, 0.05) is 11.6 Å². The van der Waals surface area contributed by atoms with Crippen LogP contribution < -0.4 is 9.47 Å². The minimum atomic E-state index is -0.579. The average molecular weight is 286 g/mol. The molecule has 3 nitrogen and oxygen atoms in total. The van der Waals surface area contributed by atoms with E-state index in [9.17, 15) is 5.11 Å². The van der Waals surface area contributed by atoms with Gasteiger partial charge in [0.05, 0.1) is 13.2 Å². The Labute approximate surface area is 126 Å². The van der Waals surface area contributed by atoms with E-state index in [-0.39, 0.29) is 0 Å². The second kappa shape index (κ2) is 6.64. The maximum Gasteiger partial charge on any atom is 0.129 e. The molecule has 0 aliphatic carbocycles. The Kier molecular flexibility index (Phi) is 4.86. The summed E-state index contributed by atoms with van der Waals surface area (Å²) in [5, 5.41) is 9.83. The molecule has 0 fully saturated rings. The molecule has 21 heavy (non-hydrogen) atoms. The van der Waals surface area contributed by atoms with Gasteiger partial charge in [-0.3, -0.25) is 0 Å². The van der Waals surface area contributed by atoms with Gasteiger partial charge >= 0.3 is 0 Å². The van der Waals surface area contributed by atoms with Crippen molar-refractivity contribution in [1.29, 1.82) is 0 Å². The van der Waals surface area contributed by atoms with Gasteiger partial charge in [-0.05, 0) is 38.5 Å². The molecule has 0 saturated carbocycles. The van der Waals surface area contributed by atoms with Gasteiger partial charge in [-0.2, -0.15) is 0 Å². The van der Waals surface area contributed by atoms with E-state index in [0.29, 0.717) is 12.4 Å². The number of methoxy groups -OCH3 is 1. The topological polar surface area (TPSA) is 38.7 Å². The van der Waals surface area contributed by atoms with E-state index in [1.165, 1.54) is 11.1 Å². The molecule has 1 atom stereocenters. The summed E-state index contributed by atoms with van der Waals surface area (Å²) in [6, 6.07) is 11.8. The van der Waals surface area contributed by atoms with E-state index in [1.807, 2.05) is 18.2 Å². The fraction of sp³-hybridized carbons (Fsp3) is 0.333. The summed E-state index contributed by atoms with van der Waals surface area (Å²) in [6.45, 7) is 6.34. The summed E-state index contributed by atoms with van der Waals surface area (Å²) in [7, 11) is 1.62. The lowest BCUT2D eigenvalue weighted by Gasteiger charge is -2.15. The second-order valence-corrected chi connectivity index (χ2v) is 5.36. The van der Waals surface area contributed by atoms with E-state index in [2.05, 4.69) is 32.0 Å². The van der Waals surface area contributed by atoms with Crippen molar-refractivity contribution in [2.75, 3.05) is 7.11 Å². The van der Waals surface area contributed by atoms with Crippen molar-refractivity contribution in [1.82, 2.24) is 0 Å². The SMILES string of the molecule is COc1ccc([C@@H](C)O)c(OCc2cc(C)cc(C)c2)c1. The van der Waals surface area contributed by atoms with Crippen LogP contribution in [0.1, 0.15) is 35.3 Å². The number of hydrogen-bond acceptors (Lipinski definition) is 3. The van der Waals surface area contributed by atoms with E-state index in [1.54, 1.807) is 14.0 Å². The number of aliphatic hydroxyl groups excluding tert-OH is 1. The predicted molar refractivity (Wildman–Crippen MR) is 83.9 cm³/mol. The monoisotopic (exact) mass is 286 g/mol. The van der Waals surface area contributed by atoms with Crippen LogP contribution in [0.25, 0.3) is 0 Å². The second-order valence-electron chi connectivity index (χ2n) is 5.36. The minimum Gasteiger partial charge on any atom is -0.497 e. The number of benzene rings is 2. The zero-order valence-electron chi connectivity index (χ0n) is 13.0. The Balaban J connectivity index is 2.21. The molecule has 0 amide bonds. The van der Waals surface area contributed by atoms with Crippen LogP contribution in [0.3, 0.4) is 0 Å². The fourth-order valence-corrected chi connectivity index (χ4v) is 2.43. The molecule has 0 aliphatic heterocycles. The lowest BCUT2D eigenvalue weighted by atomic mass is 10.1. The van der Waals surface area contributed by atoms with Crippen LogP contribution in [0.5, 0.6) is 11.5 Å². The third-order valence-electron chi connectivity index (χ3n) is 3.35. The van der Waals surface area contributed by atoms with Crippen LogP contribution in [-0.2, 0) is 6.61 Å². The standard InChI is InChI=1S/C18H22O3/c1-12-7-13(2)9-15(8-12)11-21-18-10-16(20-4)5-6-17(18)14(3)19/h5-10,14,19H,11H2,1-4H3/t14-/m1/s1. The van der Waals surface area contributed by atoms with Crippen LogP contribution in [-0.4, -0.2) is 12.2 Å². The lowest BCUT2D eigenvalue weighted by molar-refractivity contribution is 0.190. The quantitative estimate of drug-likeness (QED) is 0.904. The first-order chi connectivity index (χ1) is 9.99. The summed E-state index contributed by atoms with van der Waals surface area (Å²) in [4.78, 5) is 0. The van der Waals surface area contributed by atoms with Gasteiger partial charge in [0.2, 0.25) is 0 Å². The van der Waals surface area contributed by atoms with Crippen molar-refractivity contribution in [2.24, 2.45) is 0 Å². The molecular weight excluding hydrogens is 264 g/mol. The molecule has 1 N–H and O–H groups in total. The average Bonchev–Trinajstić information content (AvgIpc) is 2.43. The summed E-state index contributed by atoms with van der Waals surface area (Å²) >= 11 is 0. The Morgan fingerprint density at radius 1 is 1.05 bits per heavy atom. The third-order valence-corrected chi connectivity index (χ3v) is 3.35. The first-order valence-electron chi connectivity index (χ1n) is 7.05. The maximum absolute atomic E-state index is 9.83. The van der Waals surface area contributed by atoms with Gasteiger partial charge in [-0.15, -0.1) is 0 Å². The number of hydrogen-bond donors (Lipinski definition) is 1. The van der Waals surface area contributed by atoms with E-state index < -0.39 is 6.10 Å².